The van der Waals surface area contributed by atoms with Gasteiger partial charge >= 0.3 is 0 Å². The maximum atomic E-state index is 5.56. The van der Waals surface area contributed by atoms with E-state index in [-0.39, 0.29) is 6.79 Å². The van der Waals surface area contributed by atoms with Gasteiger partial charge in [0.25, 0.3) is 0 Å². The Labute approximate surface area is 164 Å². The van der Waals surface area contributed by atoms with E-state index < -0.39 is 0 Å². The number of aryl methyl sites for hydroxylation is 1. The number of ether oxygens (including phenoxy) is 3. The van der Waals surface area contributed by atoms with Crippen LogP contribution in [0.2, 0.25) is 0 Å². The van der Waals surface area contributed by atoms with E-state index in [1.165, 1.54) is 0 Å². The van der Waals surface area contributed by atoms with Gasteiger partial charge in [-0.3, -0.25) is 4.99 Å². The fourth-order valence-corrected chi connectivity index (χ4v) is 3.27. The molecule has 0 amide bonds. The molecule has 0 unspecified atom stereocenters. The van der Waals surface area contributed by atoms with Crippen molar-refractivity contribution in [3.05, 3.63) is 78.1 Å². The van der Waals surface area contributed by atoms with Gasteiger partial charge in [0.05, 0.1) is 5.69 Å². The summed E-state index contributed by atoms with van der Waals surface area (Å²) in [7, 11) is 0. The van der Waals surface area contributed by atoms with Crippen molar-refractivity contribution in [2.75, 3.05) is 13.4 Å². The van der Waals surface area contributed by atoms with Gasteiger partial charge in [-0.1, -0.05) is 12.7 Å². The van der Waals surface area contributed by atoms with Crippen molar-refractivity contribution in [1.82, 2.24) is 4.57 Å². The Morgan fingerprint density at radius 1 is 1.07 bits per heavy atom. The summed E-state index contributed by atoms with van der Waals surface area (Å²) in [6, 6.07) is 15.9. The average molecular weight is 374 g/mol. The molecule has 28 heavy (non-hydrogen) atoms. The van der Waals surface area contributed by atoms with Crippen LogP contribution in [0.3, 0.4) is 0 Å². The minimum Gasteiger partial charge on any atom is -0.490 e. The van der Waals surface area contributed by atoms with Crippen LogP contribution < -0.4 is 14.2 Å². The molecular weight excluding hydrogens is 352 g/mol. The molecule has 0 spiro atoms. The first-order valence-electron chi connectivity index (χ1n) is 9.12. The first kappa shape index (κ1) is 17.9. The molecule has 5 heteroatoms. The van der Waals surface area contributed by atoms with Crippen molar-refractivity contribution in [2.45, 2.75) is 13.8 Å². The van der Waals surface area contributed by atoms with Crippen LogP contribution in [0.4, 0.5) is 5.69 Å². The minimum atomic E-state index is 0.265. The second-order valence-electron chi connectivity index (χ2n) is 6.55. The Kier molecular flexibility index (Phi) is 4.89. The third-order valence-corrected chi connectivity index (χ3v) is 4.64. The van der Waals surface area contributed by atoms with Crippen LogP contribution in [-0.2, 0) is 0 Å². The van der Waals surface area contributed by atoms with Crippen LogP contribution >= 0.6 is 0 Å². The first-order valence-corrected chi connectivity index (χ1v) is 9.12. The summed E-state index contributed by atoms with van der Waals surface area (Å²) >= 11 is 0. The smallest absolute Gasteiger partial charge is 0.231 e. The lowest BCUT2D eigenvalue weighted by molar-refractivity contribution is 0.174. The highest BCUT2D eigenvalue weighted by molar-refractivity contribution is 5.84. The van der Waals surface area contributed by atoms with E-state index in [9.17, 15) is 0 Å². The summed E-state index contributed by atoms with van der Waals surface area (Å²) in [6.45, 7) is 8.62. The van der Waals surface area contributed by atoms with Crippen LogP contribution in [0.25, 0.3) is 5.69 Å². The van der Waals surface area contributed by atoms with E-state index in [4.69, 9.17) is 14.2 Å². The fourth-order valence-electron chi connectivity index (χ4n) is 3.27. The highest BCUT2D eigenvalue weighted by Gasteiger charge is 2.13. The van der Waals surface area contributed by atoms with Gasteiger partial charge in [0.1, 0.15) is 12.4 Å². The highest BCUT2D eigenvalue weighted by Crippen LogP contribution is 2.35. The maximum Gasteiger partial charge on any atom is 0.231 e. The van der Waals surface area contributed by atoms with Gasteiger partial charge < -0.3 is 18.8 Å². The van der Waals surface area contributed by atoms with Crippen molar-refractivity contribution in [2.24, 2.45) is 4.99 Å². The molecule has 0 radical (unpaired) electrons. The molecule has 2 heterocycles. The molecule has 0 saturated heterocycles. The van der Waals surface area contributed by atoms with Crippen molar-refractivity contribution < 1.29 is 14.2 Å². The second kappa shape index (κ2) is 7.64. The standard InChI is InChI=1S/C23H22N2O3/c1-4-11-26-21-8-6-20(7-9-21)25-16(2)12-18(17(25)3)14-24-19-5-10-22-23(13-19)28-15-27-22/h4-10,12-14H,1,11,15H2,2-3H3. The molecule has 1 aromatic heterocycles. The quantitative estimate of drug-likeness (QED) is 0.443. The zero-order valence-electron chi connectivity index (χ0n) is 16.0. The van der Waals surface area contributed by atoms with Crippen molar-refractivity contribution in [3.63, 3.8) is 0 Å². The fraction of sp³-hybridized carbons (Fsp3) is 0.174. The van der Waals surface area contributed by atoms with E-state index in [0.29, 0.717) is 6.61 Å². The number of aromatic nitrogens is 1. The molecule has 1 aliphatic heterocycles. The van der Waals surface area contributed by atoms with E-state index in [1.807, 2.05) is 36.5 Å². The Bertz CT molecular complexity index is 1030. The van der Waals surface area contributed by atoms with E-state index in [1.54, 1.807) is 6.08 Å². The van der Waals surface area contributed by atoms with Gasteiger partial charge in [-0.25, -0.2) is 0 Å². The Morgan fingerprint density at radius 2 is 1.86 bits per heavy atom. The molecule has 5 nitrogen and oxygen atoms in total. The topological polar surface area (TPSA) is 45.0 Å². The predicted octanol–water partition coefficient (Wildman–Crippen LogP) is 5.14. The second-order valence-corrected chi connectivity index (χ2v) is 6.55. The molecule has 0 saturated carbocycles. The molecule has 0 aliphatic carbocycles. The molecule has 0 fully saturated rings. The predicted molar refractivity (Wildman–Crippen MR) is 111 cm³/mol. The number of hydrogen-bond donors (Lipinski definition) is 0. The van der Waals surface area contributed by atoms with Crippen LogP contribution in [0.5, 0.6) is 17.2 Å². The van der Waals surface area contributed by atoms with E-state index >= 15 is 0 Å². The zero-order chi connectivity index (χ0) is 19.5. The molecule has 4 rings (SSSR count). The number of nitrogens with zero attached hydrogens (tertiary/aromatic N) is 2. The normalized spacial score (nSPS) is 12.5. The van der Waals surface area contributed by atoms with E-state index in [2.05, 4.69) is 48.2 Å². The number of benzene rings is 2. The molecule has 0 N–H and O–H groups in total. The van der Waals surface area contributed by atoms with Gasteiger partial charge in [0.15, 0.2) is 11.5 Å². The molecular formula is C23H22N2O3. The SMILES string of the molecule is C=CCOc1ccc(-n2c(C)cc(C=Nc3ccc4c(c3)OCO4)c2C)cc1. The number of rotatable bonds is 6. The van der Waals surface area contributed by atoms with Crippen molar-refractivity contribution >= 4 is 11.9 Å². The molecule has 3 aromatic rings. The molecule has 0 bridgehead atoms. The van der Waals surface area contributed by atoms with E-state index in [0.717, 1.165) is 45.6 Å². The average Bonchev–Trinajstić information content (AvgIpc) is 3.28. The van der Waals surface area contributed by atoms with Gasteiger partial charge in [0.2, 0.25) is 6.79 Å². The summed E-state index contributed by atoms with van der Waals surface area (Å²) in [5.74, 6) is 2.33. The monoisotopic (exact) mass is 374 g/mol. The van der Waals surface area contributed by atoms with Crippen LogP contribution in [0.15, 0.2) is 66.2 Å². The maximum absolute atomic E-state index is 5.56. The molecule has 142 valence electrons. The summed E-state index contributed by atoms with van der Waals surface area (Å²) in [4.78, 5) is 4.61. The largest absolute Gasteiger partial charge is 0.490 e. The van der Waals surface area contributed by atoms with Crippen LogP contribution in [0.1, 0.15) is 17.0 Å². The lowest BCUT2D eigenvalue weighted by Gasteiger charge is -2.11. The van der Waals surface area contributed by atoms with Crippen molar-refractivity contribution in [3.8, 4) is 22.9 Å². The molecule has 0 atom stereocenters. The van der Waals surface area contributed by atoms with Crippen LogP contribution in [-0.4, -0.2) is 24.2 Å². The van der Waals surface area contributed by atoms with Gasteiger partial charge in [-0.2, -0.15) is 0 Å². The minimum absolute atomic E-state index is 0.265. The Balaban J connectivity index is 1.58. The Morgan fingerprint density at radius 3 is 2.64 bits per heavy atom. The number of aliphatic imine (C=N–C) groups is 1. The summed E-state index contributed by atoms with van der Waals surface area (Å²) in [5.41, 5.74) is 5.26. The Hall–Kier alpha value is -3.47. The summed E-state index contributed by atoms with van der Waals surface area (Å²) < 4.78 is 18.5. The number of fused-ring (bicyclic) bond motifs is 1. The van der Waals surface area contributed by atoms with Gasteiger partial charge in [-0.05, 0) is 56.3 Å². The summed E-state index contributed by atoms with van der Waals surface area (Å²) in [5, 5.41) is 0. The third-order valence-electron chi connectivity index (χ3n) is 4.64. The third kappa shape index (κ3) is 3.51. The van der Waals surface area contributed by atoms with Gasteiger partial charge in [-0.15, -0.1) is 0 Å². The molecule has 1 aliphatic rings. The molecule has 2 aromatic carbocycles. The lowest BCUT2D eigenvalue weighted by Crippen LogP contribution is -2.00. The van der Waals surface area contributed by atoms with Gasteiger partial charge in [0, 0.05) is 34.9 Å². The highest BCUT2D eigenvalue weighted by atomic mass is 16.7. The van der Waals surface area contributed by atoms with Crippen LogP contribution in [0, 0.1) is 13.8 Å². The lowest BCUT2D eigenvalue weighted by atomic mass is 10.2. The summed E-state index contributed by atoms with van der Waals surface area (Å²) in [6.07, 6.45) is 3.62. The number of hydrogen-bond acceptors (Lipinski definition) is 4. The first-order chi connectivity index (χ1) is 13.7. The zero-order valence-corrected chi connectivity index (χ0v) is 16.0. The van der Waals surface area contributed by atoms with Crippen molar-refractivity contribution in [1.29, 1.82) is 0 Å².